The summed E-state index contributed by atoms with van der Waals surface area (Å²) in [5, 5.41) is 22.0. The molecule has 0 spiro atoms. The Kier molecular flexibility index (Phi) is 22.2. The van der Waals surface area contributed by atoms with Crippen molar-refractivity contribution in [2.24, 2.45) is 5.73 Å². The minimum Gasteiger partial charge on any atom is -0.494 e. The molecule has 0 radical (unpaired) electrons. The molecule has 0 aliphatic carbocycles. The fourth-order valence-corrected chi connectivity index (χ4v) is 7.31. The lowest BCUT2D eigenvalue weighted by Gasteiger charge is -2.32. The number of aromatic nitrogens is 6. The van der Waals surface area contributed by atoms with Crippen molar-refractivity contribution in [3.8, 4) is 39.5 Å². The number of H-pyrrole nitrogens is 2. The molecule has 25 heteroatoms. The predicted molar refractivity (Wildman–Crippen MR) is 295 cm³/mol. The number of halogens is 4. The standard InChI is InChI=1S/C19H29BFNO5.C16H20FN3O3.C11H12FN3O.C8H11BrN2O2/c1-17(2,3)25-16(23)22-11-12-13(9-10-14(24-8)15(12)21)20-26-18(4,5)19(6,7)27-20;1-16(2,3)23-15(21)18-9-12-11(10-7-19-20-8-10)5-6-13(22-4)14(12)17;1-16-10-3-2-8(7-5-14-15-6-7)9(4-13)11(10)12;1-8(2,3)13-7(12)11-5-6(9)4-10-11/h9-10H,11H2,1-8H3,(H,22,23);5-8H,9H2,1-4H3,(H,18,21)(H,19,20);2-3,5-6H,4,13H2,1H3,(H,14,15);4-5H,1-3H3. The highest BCUT2D eigenvalue weighted by Crippen LogP contribution is 2.38. The van der Waals surface area contributed by atoms with Crippen molar-refractivity contribution in [1.29, 1.82) is 0 Å². The first-order valence-electron chi connectivity index (χ1n) is 24.7. The van der Waals surface area contributed by atoms with E-state index in [9.17, 15) is 27.6 Å². The van der Waals surface area contributed by atoms with Crippen LogP contribution in [0.15, 0.2) is 78.1 Å². The van der Waals surface area contributed by atoms with Gasteiger partial charge >= 0.3 is 25.4 Å². The van der Waals surface area contributed by atoms with E-state index in [1.807, 2.05) is 48.5 Å². The van der Waals surface area contributed by atoms with Crippen molar-refractivity contribution in [1.82, 2.24) is 40.8 Å². The number of nitrogens with two attached hydrogens (primary N) is 1. The summed E-state index contributed by atoms with van der Waals surface area (Å²) in [5.41, 5.74) is 7.01. The molecule has 79 heavy (non-hydrogen) atoms. The minimum atomic E-state index is -0.758. The van der Waals surface area contributed by atoms with Crippen molar-refractivity contribution >= 4 is 46.8 Å². The molecule has 0 atom stereocenters. The highest BCUT2D eigenvalue weighted by molar-refractivity contribution is 9.10. The molecule has 20 nitrogen and oxygen atoms in total. The van der Waals surface area contributed by atoms with Gasteiger partial charge in [-0.2, -0.15) is 20.0 Å². The smallest absolute Gasteiger partial charge is 0.494 e. The van der Waals surface area contributed by atoms with E-state index in [4.69, 9.17) is 43.5 Å². The predicted octanol–water partition coefficient (Wildman–Crippen LogP) is 10.5. The fourth-order valence-electron chi connectivity index (χ4n) is 7.03. The maximum absolute atomic E-state index is 14.9. The second-order valence-corrected chi connectivity index (χ2v) is 22.3. The number of nitrogens with zero attached hydrogens (tertiary/aromatic N) is 4. The summed E-state index contributed by atoms with van der Waals surface area (Å²) in [6.07, 6.45) is 7.91. The van der Waals surface area contributed by atoms with Crippen molar-refractivity contribution in [3.63, 3.8) is 0 Å². The number of ether oxygens (including phenoxy) is 6. The average Bonchev–Trinajstić information content (AvgIpc) is 4.37. The van der Waals surface area contributed by atoms with E-state index in [0.717, 1.165) is 20.3 Å². The van der Waals surface area contributed by atoms with E-state index in [0.29, 0.717) is 27.7 Å². The van der Waals surface area contributed by atoms with Crippen molar-refractivity contribution in [2.45, 2.75) is 138 Å². The second kappa shape index (κ2) is 27.2. The van der Waals surface area contributed by atoms with E-state index >= 15 is 0 Å². The van der Waals surface area contributed by atoms with Crippen LogP contribution in [0.4, 0.5) is 27.6 Å². The molecule has 0 saturated carbocycles. The molecule has 1 saturated heterocycles. The number of amides is 2. The van der Waals surface area contributed by atoms with Crippen molar-refractivity contribution in [2.75, 3.05) is 21.3 Å². The number of aromatic amines is 2. The number of carbonyl (C=O) groups excluding carboxylic acids is 3. The Morgan fingerprint density at radius 3 is 1.43 bits per heavy atom. The molecule has 3 aromatic heterocycles. The second-order valence-electron chi connectivity index (χ2n) is 21.4. The molecule has 2 amide bonds. The largest absolute Gasteiger partial charge is 0.495 e. The number of benzene rings is 3. The average molecular weight is 1170 g/mol. The molecule has 6 N–H and O–H groups in total. The lowest BCUT2D eigenvalue weighted by atomic mass is 9.75. The molecule has 1 aliphatic heterocycles. The molecule has 430 valence electrons. The Morgan fingerprint density at radius 1 is 0.646 bits per heavy atom. The van der Waals surface area contributed by atoms with Crippen molar-refractivity contribution in [3.05, 3.63) is 112 Å². The van der Waals surface area contributed by atoms with Gasteiger partial charge < -0.3 is 54.1 Å². The fraction of sp³-hybridized carbons (Fsp3) is 0.444. The van der Waals surface area contributed by atoms with Gasteiger partial charge in [-0.3, -0.25) is 10.2 Å². The number of alkyl carbamates (subject to hydrolysis) is 2. The normalized spacial score (nSPS) is 13.5. The van der Waals surface area contributed by atoms with Gasteiger partial charge in [0.15, 0.2) is 34.7 Å². The number of nitrogens with one attached hydrogen (secondary N) is 4. The van der Waals surface area contributed by atoms with Crippen LogP contribution < -0.4 is 36.0 Å². The SMILES string of the molecule is CC(C)(C)OC(=O)n1cc(Br)cn1.COc1ccc(-c2cn[nH]c2)c(CN)c1F.COc1ccc(-c2cn[nH]c2)c(CNC(=O)OC(C)(C)C)c1F.COc1ccc(B2OC(C)(C)C(C)(C)O2)c(CNC(=O)OC(C)(C)C)c1F. The van der Waals surface area contributed by atoms with Gasteiger partial charge in [-0.1, -0.05) is 18.2 Å². The number of hydrogen-bond acceptors (Lipinski definition) is 15. The summed E-state index contributed by atoms with van der Waals surface area (Å²) in [6.45, 7) is 23.7. The summed E-state index contributed by atoms with van der Waals surface area (Å²) in [6, 6.07) is 9.82. The number of methoxy groups -OCH3 is 3. The number of hydrogen-bond donors (Lipinski definition) is 5. The van der Waals surface area contributed by atoms with Crippen LogP contribution in [0.2, 0.25) is 0 Å². The Labute approximate surface area is 467 Å². The zero-order valence-corrected chi connectivity index (χ0v) is 49.1. The van der Waals surface area contributed by atoms with Gasteiger partial charge in [0.1, 0.15) is 16.8 Å². The molecule has 3 aromatic carbocycles. The van der Waals surface area contributed by atoms with Crippen LogP contribution in [0.3, 0.4) is 0 Å². The van der Waals surface area contributed by atoms with Crippen LogP contribution >= 0.6 is 15.9 Å². The zero-order chi connectivity index (χ0) is 59.3. The maximum Gasteiger partial charge on any atom is 0.495 e. The molecular weight excluding hydrogens is 1100 g/mol. The van der Waals surface area contributed by atoms with Gasteiger partial charge in [0.05, 0.1) is 61.8 Å². The first-order valence-corrected chi connectivity index (χ1v) is 25.5. The molecule has 0 bridgehead atoms. The van der Waals surface area contributed by atoms with E-state index in [1.165, 1.54) is 39.7 Å². The Balaban J connectivity index is 0.000000235. The molecule has 1 fully saturated rings. The molecule has 7 rings (SSSR count). The summed E-state index contributed by atoms with van der Waals surface area (Å²) in [4.78, 5) is 35.1. The third-order valence-corrected chi connectivity index (χ3v) is 11.8. The molecule has 0 unspecified atom stereocenters. The maximum atomic E-state index is 14.9. The summed E-state index contributed by atoms with van der Waals surface area (Å²) < 4.78 is 87.8. The zero-order valence-electron chi connectivity index (χ0n) is 47.5. The quantitative estimate of drug-likeness (QED) is 0.0598. The third-order valence-electron chi connectivity index (χ3n) is 11.4. The molecule has 1 aliphatic rings. The first-order chi connectivity index (χ1) is 36.7. The van der Waals surface area contributed by atoms with Gasteiger partial charge in [0, 0.05) is 59.8 Å². The van der Waals surface area contributed by atoms with Gasteiger partial charge in [0.2, 0.25) is 0 Å². The van der Waals surface area contributed by atoms with Crippen LogP contribution in [-0.2, 0) is 43.2 Å². The van der Waals surface area contributed by atoms with Crippen LogP contribution in [-0.4, -0.2) is 105 Å². The highest BCUT2D eigenvalue weighted by atomic mass is 79.9. The molecule has 6 aromatic rings. The van der Waals surface area contributed by atoms with Crippen LogP contribution in [0.5, 0.6) is 17.2 Å². The van der Waals surface area contributed by atoms with E-state index in [-0.39, 0.29) is 42.4 Å². The van der Waals surface area contributed by atoms with Crippen molar-refractivity contribution < 1.29 is 65.3 Å². The summed E-state index contributed by atoms with van der Waals surface area (Å²) in [5.74, 6) is -1.12. The van der Waals surface area contributed by atoms with E-state index in [2.05, 4.69) is 52.1 Å². The van der Waals surface area contributed by atoms with Gasteiger partial charge in [-0.25, -0.2) is 27.6 Å². The highest BCUT2D eigenvalue weighted by Gasteiger charge is 2.52. The third kappa shape index (κ3) is 18.5. The van der Waals surface area contributed by atoms with Gasteiger partial charge in [0.25, 0.3) is 0 Å². The Morgan fingerprint density at radius 2 is 1.05 bits per heavy atom. The van der Waals surface area contributed by atoms with Crippen LogP contribution in [0.25, 0.3) is 22.3 Å². The van der Waals surface area contributed by atoms with Crippen LogP contribution in [0, 0.1) is 17.5 Å². The Hall–Kier alpha value is -7.09. The lowest BCUT2D eigenvalue weighted by Crippen LogP contribution is -2.41. The molecule has 4 heterocycles. The monoisotopic (exact) mass is 1170 g/mol. The van der Waals surface area contributed by atoms with Gasteiger partial charge in [-0.05, 0) is 141 Å². The first kappa shape index (κ1) is 64.4. The topological polar surface area (TPSA) is 250 Å². The summed E-state index contributed by atoms with van der Waals surface area (Å²) in [7, 11) is 3.45. The lowest BCUT2D eigenvalue weighted by molar-refractivity contribution is 0.00578. The Bertz CT molecular complexity index is 2960. The van der Waals surface area contributed by atoms with Gasteiger partial charge in [-0.15, -0.1) is 0 Å². The number of rotatable bonds is 11. The van der Waals surface area contributed by atoms with Crippen LogP contribution in [0.1, 0.15) is 107 Å². The van der Waals surface area contributed by atoms with E-state index in [1.54, 1.807) is 96.8 Å². The number of carbonyl (C=O) groups is 3. The summed E-state index contributed by atoms with van der Waals surface area (Å²) >= 11 is 3.19. The molecular formula is C54H72BBrF3N9O11. The minimum absolute atomic E-state index is 0.0293. The van der Waals surface area contributed by atoms with E-state index < -0.39 is 70.9 Å².